The summed E-state index contributed by atoms with van der Waals surface area (Å²) in [6.07, 6.45) is 14.2. The quantitative estimate of drug-likeness (QED) is 0.233. The number of carbonyl (C=O) groups excluding carboxylic acids is 1. The highest BCUT2D eigenvalue weighted by molar-refractivity contribution is 5.97. The predicted molar refractivity (Wildman–Crippen MR) is 149 cm³/mol. The molecular weight excluding hydrogens is 492 g/mol. The molecule has 8 heteroatoms. The molecule has 0 bridgehead atoms. The first-order chi connectivity index (χ1) is 18.9. The van der Waals surface area contributed by atoms with Crippen LogP contribution < -0.4 is 16.2 Å². The fraction of sp³-hybridized carbons (Fsp3) is 0.323. The first kappa shape index (κ1) is 25.3. The van der Waals surface area contributed by atoms with E-state index in [2.05, 4.69) is 22.4 Å². The Morgan fingerprint density at radius 2 is 1.82 bits per heavy atom. The number of benzene rings is 1. The van der Waals surface area contributed by atoms with E-state index in [1.54, 1.807) is 29.1 Å². The van der Waals surface area contributed by atoms with E-state index < -0.39 is 5.60 Å². The van der Waals surface area contributed by atoms with E-state index in [4.69, 9.17) is 0 Å². The average molecular weight is 525 g/mol. The topological polar surface area (TPSA) is 116 Å². The first-order valence-corrected chi connectivity index (χ1v) is 13.5. The molecule has 1 amide bonds. The highest BCUT2D eigenvalue weighted by Gasteiger charge is 2.54. The van der Waals surface area contributed by atoms with E-state index in [1.807, 2.05) is 36.4 Å². The third-order valence-electron chi connectivity index (χ3n) is 7.98. The van der Waals surface area contributed by atoms with Gasteiger partial charge in [0.15, 0.2) is 0 Å². The number of carbonyl (C=O) groups is 1. The zero-order valence-electron chi connectivity index (χ0n) is 21.6. The number of hydrogen-bond acceptors (Lipinski definition) is 6. The molecule has 200 valence electrons. The minimum Gasteiger partial charge on any atom is -0.385 e. The number of nitrogens with zero attached hydrogens (tertiary/aromatic N) is 2. The zero-order valence-corrected chi connectivity index (χ0v) is 21.6. The van der Waals surface area contributed by atoms with Gasteiger partial charge >= 0.3 is 0 Å². The monoisotopic (exact) mass is 524 g/mol. The molecule has 3 aliphatic carbocycles. The minimum absolute atomic E-state index is 0.0660. The van der Waals surface area contributed by atoms with Crippen molar-refractivity contribution in [2.45, 2.75) is 50.2 Å². The van der Waals surface area contributed by atoms with Crippen LogP contribution in [-0.2, 0) is 0 Å². The second-order valence-corrected chi connectivity index (χ2v) is 10.9. The van der Waals surface area contributed by atoms with Crippen LogP contribution in [0.15, 0.2) is 84.1 Å². The molecule has 2 heterocycles. The van der Waals surface area contributed by atoms with Gasteiger partial charge in [-0.05, 0) is 91.3 Å². The van der Waals surface area contributed by atoms with Crippen LogP contribution in [0.25, 0.3) is 22.3 Å². The molecule has 8 nitrogen and oxygen atoms in total. The van der Waals surface area contributed by atoms with Crippen LogP contribution in [-0.4, -0.2) is 37.4 Å². The Morgan fingerprint density at radius 1 is 1.08 bits per heavy atom. The minimum atomic E-state index is -0.867. The number of pyridine rings is 2. The summed E-state index contributed by atoms with van der Waals surface area (Å²) in [5.74, 6) is 0.145. The summed E-state index contributed by atoms with van der Waals surface area (Å²) in [6, 6.07) is 11.0. The van der Waals surface area contributed by atoms with Crippen molar-refractivity contribution in [1.82, 2.24) is 20.3 Å². The number of nitrogens with one attached hydrogen (secondary N) is 2. The summed E-state index contributed by atoms with van der Waals surface area (Å²) >= 11 is 0. The molecule has 0 atom stereocenters. The normalized spacial score (nSPS) is 17.9. The van der Waals surface area contributed by atoms with E-state index in [9.17, 15) is 19.9 Å². The van der Waals surface area contributed by atoms with Gasteiger partial charge in [-0.25, -0.2) is 4.98 Å². The van der Waals surface area contributed by atoms with Crippen molar-refractivity contribution < 1.29 is 15.1 Å². The van der Waals surface area contributed by atoms with Crippen molar-refractivity contribution in [2.75, 3.05) is 0 Å². The van der Waals surface area contributed by atoms with Gasteiger partial charge in [0.25, 0.3) is 5.91 Å². The summed E-state index contributed by atoms with van der Waals surface area (Å²) in [5.41, 5.74) is 4.23. The molecule has 0 aliphatic heterocycles. The molecule has 2 aromatic heterocycles. The van der Waals surface area contributed by atoms with Crippen molar-refractivity contribution in [3.63, 3.8) is 0 Å². The van der Waals surface area contributed by atoms with Crippen LogP contribution in [0.5, 0.6) is 0 Å². The number of aromatic nitrogens is 2. The van der Waals surface area contributed by atoms with Gasteiger partial charge in [0.05, 0.1) is 11.0 Å². The smallest absolute Gasteiger partial charge is 0.257 e. The average Bonchev–Trinajstić information content (AvgIpc) is 3.77. The van der Waals surface area contributed by atoms with Crippen molar-refractivity contribution in [1.29, 1.82) is 0 Å². The molecule has 3 fully saturated rings. The Bertz CT molecular complexity index is 1560. The van der Waals surface area contributed by atoms with Crippen molar-refractivity contribution in [2.24, 2.45) is 11.8 Å². The van der Waals surface area contributed by atoms with Gasteiger partial charge in [0.2, 0.25) is 5.43 Å². The van der Waals surface area contributed by atoms with E-state index in [0.717, 1.165) is 44.1 Å². The van der Waals surface area contributed by atoms with E-state index in [0.29, 0.717) is 27.9 Å². The largest absolute Gasteiger partial charge is 0.385 e. The molecule has 4 N–H and O–H groups in total. The van der Waals surface area contributed by atoms with Gasteiger partial charge in [-0.2, -0.15) is 0 Å². The highest BCUT2D eigenvalue weighted by atomic mass is 16.5. The Balaban J connectivity index is 1.37. The third kappa shape index (κ3) is 4.93. The molecular formula is C31H32N4O4. The van der Waals surface area contributed by atoms with Gasteiger partial charge in [-0.1, -0.05) is 30.9 Å². The van der Waals surface area contributed by atoms with Crippen molar-refractivity contribution >= 4 is 22.5 Å². The SMILES string of the molecule is C=C(C=CC(=CNO)c1cccc(-n2cc(C(=O)NC3CC3)c(=O)c3cccnc32)c1)C(O)(C1CC1)C1CC1. The standard InChI is InChI=1S/C31H32N4O4/c1-19(31(38,22-9-10-22)23-11-12-23)7-8-21(17-33-39)20-4-2-5-25(16-20)35-18-27(30(37)34-24-13-14-24)28(36)26-6-3-15-32-29(26)35/h2-8,15-18,22-24,33,38-39H,1,9-14H2,(H,34,37). The summed E-state index contributed by atoms with van der Waals surface area (Å²) in [5, 5.41) is 24.2. The van der Waals surface area contributed by atoms with Crippen LogP contribution in [0, 0.1) is 11.8 Å². The van der Waals surface area contributed by atoms with E-state index in [1.165, 1.54) is 6.20 Å². The lowest BCUT2D eigenvalue weighted by Gasteiger charge is -2.29. The molecule has 0 unspecified atom stereocenters. The number of allylic oxidation sites excluding steroid dienone is 2. The maximum Gasteiger partial charge on any atom is 0.257 e. The molecule has 0 saturated heterocycles. The molecule has 0 spiro atoms. The van der Waals surface area contributed by atoms with Gasteiger partial charge < -0.3 is 15.0 Å². The molecule has 6 rings (SSSR count). The van der Waals surface area contributed by atoms with Gasteiger partial charge in [0.1, 0.15) is 11.2 Å². The van der Waals surface area contributed by atoms with E-state index >= 15 is 0 Å². The van der Waals surface area contributed by atoms with Crippen LogP contribution >= 0.6 is 0 Å². The third-order valence-corrected chi connectivity index (χ3v) is 7.98. The van der Waals surface area contributed by atoms with Gasteiger partial charge in [-0.3, -0.25) is 20.3 Å². The van der Waals surface area contributed by atoms with Gasteiger partial charge in [0, 0.05) is 30.3 Å². The first-order valence-electron chi connectivity index (χ1n) is 13.5. The molecule has 3 saturated carbocycles. The Labute approximate surface area is 226 Å². The zero-order chi connectivity index (χ0) is 27.1. The number of fused-ring (bicyclic) bond motifs is 1. The number of hydrogen-bond donors (Lipinski definition) is 4. The summed E-state index contributed by atoms with van der Waals surface area (Å²) in [4.78, 5) is 30.5. The number of amides is 1. The Morgan fingerprint density at radius 3 is 2.49 bits per heavy atom. The maximum absolute atomic E-state index is 13.2. The number of hydroxylamine groups is 1. The molecule has 0 radical (unpaired) electrons. The maximum atomic E-state index is 13.2. The van der Waals surface area contributed by atoms with Crippen LogP contribution in [0.4, 0.5) is 0 Å². The van der Waals surface area contributed by atoms with E-state index in [-0.39, 0.29) is 34.8 Å². The number of aliphatic hydroxyl groups is 1. The second-order valence-electron chi connectivity index (χ2n) is 10.9. The molecule has 3 aliphatic rings. The predicted octanol–water partition coefficient (Wildman–Crippen LogP) is 4.26. The Hall–Kier alpha value is -4.01. The summed E-state index contributed by atoms with van der Waals surface area (Å²) in [6.45, 7) is 4.21. The summed E-state index contributed by atoms with van der Waals surface area (Å²) < 4.78 is 1.74. The lowest BCUT2D eigenvalue weighted by atomic mass is 9.84. The van der Waals surface area contributed by atoms with Gasteiger partial charge in [-0.15, -0.1) is 0 Å². The fourth-order valence-corrected chi connectivity index (χ4v) is 5.37. The van der Waals surface area contributed by atoms with Crippen LogP contribution in [0.2, 0.25) is 0 Å². The summed E-state index contributed by atoms with van der Waals surface area (Å²) in [7, 11) is 0. The fourth-order valence-electron chi connectivity index (χ4n) is 5.37. The molecule has 3 aromatic rings. The second kappa shape index (κ2) is 9.94. The van der Waals surface area contributed by atoms with Crippen molar-refractivity contribution in [3.05, 3.63) is 101 Å². The van der Waals surface area contributed by atoms with Crippen LogP contribution in [0.3, 0.4) is 0 Å². The molecule has 39 heavy (non-hydrogen) atoms. The van der Waals surface area contributed by atoms with Crippen molar-refractivity contribution in [3.8, 4) is 5.69 Å². The number of rotatable bonds is 10. The Kier molecular flexibility index (Phi) is 6.45. The van der Waals surface area contributed by atoms with Crippen LogP contribution in [0.1, 0.15) is 54.4 Å². The lowest BCUT2D eigenvalue weighted by molar-refractivity contribution is 0.0361. The molecule has 1 aromatic carbocycles. The highest BCUT2D eigenvalue weighted by Crippen LogP contribution is 2.55. The lowest BCUT2D eigenvalue weighted by Crippen LogP contribution is -2.35.